The minimum absolute atomic E-state index is 0.191. The van der Waals surface area contributed by atoms with Crippen molar-refractivity contribution in [2.45, 2.75) is 44.7 Å². The van der Waals surface area contributed by atoms with Crippen molar-refractivity contribution in [2.24, 2.45) is 7.05 Å². The van der Waals surface area contributed by atoms with E-state index in [1.807, 2.05) is 55.8 Å². The van der Waals surface area contributed by atoms with Gasteiger partial charge in [0.25, 0.3) is 0 Å². The summed E-state index contributed by atoms with van der Waals surface area (Å²) in [7, 11) is 1.90. The van der Waals surface area contributed by atoms with Crippen molar-refractivity contribution in [1.82, 2.24) is 4.57 Å². The summed E-state index contributed by atoms with van der Waals surface area (Å²) < 4.78 is 19.5. The largest absolute Gasteiger partial charge is 0.611 e. The van der Waals surface area contributed by atoms with Crippen LogP contribution in [0.3, 0.4) is 0 Å². The Kier molecular flexibility index (Phi) is 7.54. The zero-order valence-corrected chi connectivity index (χ0v) is 20.4. The first-order valence-electron chi connectivity index (χ1n) is 10.3. The van der Waals surface area contributed by atoms with Gasteiger partial charge in [0.1, 0.15) is 5.82 Å². The molecule has 0 aliphatic heterocycles. The molecule has 1 amide bonds. The van der Waals surface area contributed by atoms with E-state index < -0.39 is 17.1 Å². The fourth-order valence-corrected chi connectivity index (χ4v) is 4.85. The van der Waals surface area contributed by atoms with Crippen LogP contribution in [-0.2, 0) is 32.5 Å². The fraction of sp³-hybridized carbons (Fsp3) is 0.333. The SMILES string of the molecule is Cc1cc(Cl)c2cc(N(C=O)[C@H](C)c3ccc([S+]([O-])CC(=O)OC(C)C)cc3)n(C)c2c1. The molecule has 1 aromatic heterocycles. The van der Waals surface area contributed by atoms with Crippen LogP contribution in [0.1, 0.15) is 37.9 Å². The maximum atomic E-state index is 12.5. The molecule has 8 heteroatoms. The second-order valence-electron chi connectivity index (χ2n) is 8.03. The first kappa shape index (κ1) is 24.2. The van der Waals surface area contributed by atoms with Gasteiger partial charge in [0.2, 0.25) is 12.2 Å². The summed E-state index contributed by atoms with van der Waals surface area (Å²) in [5.74, 6) is 0.0376. The van der Waals surface area contributed by atoms with Gasteiger partial charge < -0.3 is 13.9 Å². The average Bonchev–Trinajstić information content (AvgIpc) is 3.05. The van der Waals surface area contributed by atoms with E-state index in [2.05, 4.69) is 0 Å². The Morgan fingerprint density at radius 3 is 2.47 bits per heavy atom. The van der Waals surface area contributed by atoms with Gasteiger partial charge in [-0.3, -0.25) is 9.69 Å². The number of carbonyl (C=O) groups is 2. The first-order valence-corrected chi connectivity index (χ1v) is 12.0. The molecule has 0 saturated carbocycles. The van der Waals surface area contributed by atoms with E-state index in [-0.39, 0.29) is 17.9 Å². The molecule has 0 spiro atoms. The lowest BCUT2D eigenvalue weighted by molar-refractivity contribution is -0.144. The van der Waals surface area contributed by atoms with Gasteiger partial charge >= 0.3 is 5.97 Å². The minimum atomic E-state index is -1.50. The molecule has 0 bridgehead atoms. The number of hydrogen-bond donors (Lipinski definition) is 0. The highest BCUT2D eigenvalue weighted by Gasteiger charge is 2.23. The molecule has 0 aliphatic rings. The summed E-state index contributed by atoms with van der Waals surface area (Å²) in [6.45, 7) is 7.40. The van der Waals surface area contributed by atoms with Crippen LogP contribution in [0.4, 0.5) is 5.82 Å². The molecule has 0 aliphatic carbocycles. The number of nitrogens with zero attached hydrogens (tertiary/aromatic N) is 2. The maximum Gasteiger partial charge on any atom is 0.357 e. The number of ether oxygens (including phenoxy) is 1. The summed E-state index contributed by atoms with van der Waals surface area (Å²) in [5.41, 5.74) is 2.86. The monoisotopic (exact) mass is 474 g/mol. The molecule has 2 atom stereocenters. The van der Waals surface area contributed by atoms with E-state index >= 15 is 0 Å². The second kappa shape index (κ2) is 9.98. The van der Waals surface area contributed by atoms with Crippen LogP contribution < -0.4 is 4.90 Å². The zero-order chi connectivity index (χ0) is 23.6. The summed E-state index contributed by atoms with van der Waals surface area (Å²) in [6, 6.07) is 12.6. The summed E-state index contributed by atoms with van der Waals surface area (Å²) in [6.07, 6.45) is 0.554. The lowest BCUT2D eigenvalue weighted by Crippen LogP contribution is -2.27. The van der Waals surface area contributed by atoms with Crippen molar-refractivity contribution in [3.05, 3.63) is 58.6 Å². The zero-order valence-electron chi connectivity index (χ0n) is 18.8. The predicted octanol–water partition coefficient (Wildman–Crippen LogP) is 4.92. The molecular formula is C24H27ClN2O4S. The molecular weight excluding hydrogens is 448 g/mol. The van der Waals surface area contributed by atoms with E-state index in [0.29, 0.717) is 9.92 Å². The normalized spacial score (nSPS) is 13.2. The van der Waals surface area contributed by atoms with Gasteiger partial charge in [0.05, 0.1) is 22.7 Å². The highest BCUT2D eigenvalue weighted by molar-refractivity contribution is 7.92. The maximum absolute atomic E-state index is 12.5. The second-order valence-corrected chi connectivity index (χ2v) is 9.89. The molecule has 0 saturated heterocycles. The minimum Gasteiger partial charge on any atom is -0.611 e. The number of benzene rings is 2. The van der Waals surface area contributed by atoms with Crippen molar-refractivity contribution in [1.29, 1.82) is 0 Å². The van der Waals surface area contributed by atoms with Crippen molar-refractivity contribution < 1.29 is 18.9 Å². The van der Waals surface area contributed by atoms with Crippen LogP contribution in [0.5, 0.6) is 0 Å². The first-order chi connectivity index (χ1) is 15.1. The Labute approximate surface area is 196 Å². The lowest BCUT2D eigenvalue weighted by atomic mass is 10.1. The molecule has 0 radical (unpaired) electrons. The number of aromatic nitrogens is 1. The highest BCUT2D eigenvalue weighted by atomic mass is 35.5. The summed E-state index contributed by atoms with van der Waals surface area (Å²) in [5, 5.41) is 1.52. The molecule has 3 aromatic rings. The summed E-state index contributed by atoms with van der Waals surface area (Å²) in [4.78, 5) is 26.0. The number of anilines is 1. The lowest BCUT2D eigenvalue weighted by Gasteiger charge is -2.26. The highest BCUT2D eigenvalue weighted by Crippen LogP contribution is 2.34. The Morgan fingerprint density at radius 2 is 1.88 bits per heavy atom. The van der Waals surface area contributed by atoms with Crippen molar-refractivity contribution in [3.8, 4) is 0 Å². The van der Waals surface area contributed by atoms with Gasteiger partial charge in [-0.1, -0.05) is 23.7 Å². The average molecular weight is 475 g/mol. The number of amides is 1. The van der Waals surface area contributed by atoms with Crippen LogP contribution in [-0.4, -0.2) is 33.4 Å². The van der Waals surface area contributed by atoms with Crippen molar-refractivity contribution in [3.63, 3.8) is 0 Å². The molecule has 0 N–H and O–H groups in total. The van der Waals surface area contributed by atoms with Gasteiger partial charge in [0, 0.05) is 12.4 Å². The van der Waals surface area contributed by atoms with Crippen LogP contribution in [0.15, 0.2) is 47.4 Å². The van der Waals surface area contributed by atoms with Crippen molar-refractivity contribution in [2.75, 3.05) is 10.7 Å². The molecule has 2 aromatic carbocycles. The third-order valence-corrected chi connectivity index (χ3v) is 6.88. The topological polar surface area (TPSA) is 74.6 Å². The Bertz CT molecular complexity index is 1130. The number of halogens is 1. The molecule has 170 valence electrons. The van der Waals surface area contributed by atoms with Crippen molar-refractivity contribution >= 4 is 51.9 Å². The Hall–Kier alpha value is -2.48. The number of fused-ring (bicyclic) bond motifs is 1. The van der Waals surface area contributed by atoms with E-state index in [1.165, 1.54) is 0 Å². The van der Waals surface area contributed by atoms with Crippen LogP contribution in [0.25, 0.3) is 10.9 Å². The van der Waals surface area contributed by atoms with E-state index in [1.54, 1.807) is 30.9 Å². The quantitative estimate of drug-likeness (QED) is 0.264. The number of aryl methyl sites for hydroxylation is 2. The molecule has 3 rings (SSSR count). The standard InChI is InChI=1S/C24H27ClN2O4S/c1-15(2)31-24(29)13-32(30)19-8-6-18(7-9-19)17(4)27(14-28)23-12-20-21(25)10-16(3)11-22(20)26(23)5/h6-12,14-15,17H,13H2,1-5H3/t17-,32?/m1/s1. The van der Waals surface area contributed by atoms with Crippen LogP contribution in [0, 0.1) is 6.92 Å². The van der Waals surface area contributed by atoms with Crippen LogP contribution >= 0.6 is 11.6 Å². The summed E-state index contributed by atoms with van der Waals surface area (Å²) >= 11 is 4.93. The third kappa shape index (κ3) is 5.11. The molecule has 0 fully saturated rings. The molecule has 1 heterocycles. The van der Waals surface area contributed by atoms with Crippen LogP contribution in [0.2, 0.25) is 5.02 Å². The molecule has 6 nitrogen and oxygen atoms in total. The number of hydrogen-bond acceptors (Lipinski definition) is 4. The van der Waals surface area contributed by atoms with Gasteiger partial charge in [-0.05, 0) is 80.3 Å². The van der Waals surface area contributed by atoms with Gasteiger partial charge in [-0.15, -0.1) is 0 Å². The van der Waals surface area contributed by atoms with E-state index in [9.17, 15) is 14.1 Å². The number of rotatable bonds is 8. The Balaban J connectivity index is 1.83. The number of carbonyl (C=O) groups excluding carboxylic acids is 2. The van der Waals surface area contributed by atoms with E-state index in [0.717, 1.165) is 34.3 Å². The molecule has 32 heavy (non-hydrogen) atoms. The van der Waals surface area contributed by atoms with Gasteiger partial charge in [-0.2, -0.15) is 0 Å². The predicted molar refractivity (Wildman–Crippen MR) is 129 cm³/mol. The fourth-order valence-electron chi connectivity index (χ4n) is 3.64. The number of esters is 1. The van der Waals surface area contributed by atoms with E-state index in [4.69, 9.17) is 16.3 Å². The van der Waals surface area contributed by atoms with Gasteiger partial charge in [-0.25, -0.2) is 4.79 Å². The molecule has 1 unspecified atom stereocenters. The van der Waals surface area contributed by atoms with Gasteiger partial charge in [0.15, 0.2) is 4.90 Å². The third-order valence-electron chi connectivity index (χ3n) is 5.27. The smallest absolute Gasteiger partial charge is 0.357 e. The Morgan fingerprint density at radius 1 is 1.22 bits per heavy atom.